The third kappa shape index (κ3) is 2.28. The number of carbonyl (C=O) groups is 1. The highest BCUT2D eigenvalue weighted by Gasteiger charge is 2.13. The summed E-state index contributed by atoms with van der Waals surface area (Å²) in [7, 11) is 0. The minimum atomic E-state index is -0.0869. The average molecular weight is 193 g/mol. The summed E-state index contributed by atoms with van der Waals surface area (Å²) in [4.78, 5) is 15.6. The highest BCUT2D eigenvalue weighted by Crippen LogP contribution is 2.07. The first-order valence-electron chi connectivity index (χ1n) is 4.61. The molecule has 4 heteroatoms. The number of hydrogen-bond donors (Lipinski definition) is 0. The van der Waals surface area contributed by atoms with Crippen molar-refractivity contribution in [2.45, 2.75) is 33.7 Å². The Morgan fingerprint density at radius 2 is 2.14 bits per heavy atom. The molecule has 0 aliphatic carbocycles. The molecular formula is C10H15N3O. The Morgan fingerprint density at radius 3 is 2.64 bits per heavy atom. The predicted molar refractivity (Wildman–Crippen MR) is 54.2 cm³/mol. The summed E-state index contributed by atoms with van der Waals surface area (Å²) in [5.74, 6) is 0.317. The van der Waals surface area contributed by atoms with Gasteiger partial charge in [0.1, 0.15) is 6.33 Å². The Morgan fingerprint density at radius 1 is 1.50 bits per heavy atom. The van der Waals surface area contributed by atoms with Gasteiger partial charge in [-0.2, -0.15) is 5.10 Å². The number of carbonyl (C=O) groups excluding carboxylic acids is 1. The van der Waals surface area contributed by atoms with E-state index < -0.39 is 0 Å². The van der Waals surface area contributed by atoms with Crippen LogP contribution in [0.4, 0.5) is 0 Å². The summed E-state index contributed by atoms with van der Waals surface area (Å²) in [5.41, 5.74) is 0.966. The maximum absolute atomic E-state index is 11.6. The lowest BCUT2D eigenvalue weighted by molar-refractivity contribution is 0.103. The standard InChI is InChI=1S/C10H15N3O/c1-7(2)5-9(14)10-11-6-12-13(10)8(3)4/h5-6,8H,1-4H3. The van der Waals surface area contributed by atoms with Crippen LogP contribution in [-0.4, -0.2) is 20.5 Å². The molecule has 0 unspecified atom stereocenters. The van der Waals surface area contributed by atoms with Gasteiger partial charge in [-0.25, -0.2) is 9.67 Å². The molecule has 0 amide bonds. The summed E-state index contributed by atoms with van der Waals surface area (Å²) in [6.45, 7) is 7.70. The summed E-state index contributed by atoms with van der Waals surface area (Å²) in [5, 5.41) is 4.00. The van der Waals surface area contributed by atoms with Crippen LogP contribution in [-0.2, 0) is 0 Å². The fourth-order valence-electron chi connectivity index (χ4n) is 1.13. The minimum absolute atomic E-state index is 0.0869. The molecule has 1 aromatic rings. The van der Waals surface area contributed by atoms with Gasteiger partial charge in [-0.15, -0.1) is 0 Å². The lowest BCUT2D eigenvalue weighted by Gasteiger charge is -2.06. The van der Waals surface area contributed by atoms with Crippen molar-refractivity contribution in [3.63, 3.8) is 0 Å². The quantitative estimate of drug-likeness (QED) is 0.545. The molecular weight excluding hydrogens is 178 g/mol. The minimum Gasteiger partial charge on any atom is -0.286 e. The van der Waals surface area contributed by atoms with Gasteiger partial charge in [-0.3, -0.25) is 4.79 Å². The smallest absolute Gasteiger partial charge is 0.222 e. The third-order valence-corrected chi connectivity index (χ3v) is 1.70. The van der Waals surface area contributed by atoms with E-state index in [1.165, 1.54) is 6.33 Å². The van der Waals surface area contributed by atoms with E-state index in [4.69, 9.17) is 0 Å². The average Bonchev–Trinajstić information content (AvgIpc) is 2.49. The molecule has 0 radical (unpaired) electrons. The molecule has 4 nitrogen and oxygen atoms in total. The van der Waals surface area contributed by atoms with Gasteiger partial charge in [0.25, 0.3) is 0 Å². The molecule has 0 N–H and O–H groups in total. The van der Waals surface area contributed by atoms with E-state index in [0.717, 1.165) is 5.57 Å². The zero-order chi connectivity index (χ0) is 10.7. The second-order valence-corrected chi connectivity index (χ2v) is 3.71. The van der Waals surface area contributed by atoms with Crippen molar-refractivity contribution in [1.82, 2.24) is 14.8 Å². The van der Waals surface area contributed by atoms with Gasteiger partial charge in [0.05, 0.1) is 0 Å². The van der Waals surface area contributed by atoms with Gasteiger partial charge in [0.2, 0.25) is 5.78 Å². The highest BCUT2D eigenvalue weighted by molar-refractivity contribution is 6.02. The van der Waals surface area contributed by atoms with Crippen molar-refractivity contribution < 1.29 is 4.79 Å². The number of allylic oxidation sites excluding steroid dienone is 2. The first kappa shape index (κ1) is 10.6. The molecule has 0 saturated heterocycles. The highest BCUT2D eigenvalue weighted by atomic mass is 16.1. The monoisotopic (exact) mass is 193 g/mol. The van der Waals surface area contributed by atoms with E-state index in [1.807, 2.05) is 27.7 Å². The molecule has 1 rings (SSSR count). The number of hydrogen-bond acceptors (Lipinski definition) is 3. The largest absolute Gasteiger partial charge is 0.286 e. The van der Waals surface area contributed by atoms with E-state index in [1.54, 1.807) is 10.8 Å². The second-order valence-electron chi connectivity index (χ2n) is 3.71. The molecule has 0 aliphatic heterocycles. The zero-order valence-electron chi connectivity index (χ0n) is 8.98. The Kier molecular flexibility index (Phi) is 3.17. The molecule has 76 valence electrons. The fraction of sp³-hybridized carbons (Fsp3) is 0.500. The molecule has 14 heavy (non-hydrogen) atoms. The zero-order valence-corrected chi connectivity index (χ0v) is 8.98. The van der Waals surface area contributed by atoms with Gasteiger partial charge in [-0.05, 0) is 33.8 Å². The van der Waals surface area contributed by atoms with Crippen LogP contribution in [0.2, 0.25) is 0 Å². The lowest BCUT2D eigenvalue weighted by atomic mass is 10.2. The van der Waals surface area contributed by atoms with Gasteiger partial charge in [0, 0.05) is 6.04 Å². The summed E-state index contributed by atoms with van der Waals surface area (Å²) >= 11 is 0. The molecule has 0 atom stereocenters. The summed E-state index contributed by atoms with van der Waals surface area (Å²) < 4.78 is 1.63. The van der Waals surface area contributed by atoms with E-state index >= 15 is 0 Å². The van der Waals surface area contributed by atoms with Crippen molar-refractivity contribution in [2.75, 3.05) is 0 Å². The lowest BCUT2D eigenvalue weighted by Crippen LogP contribution is -2.12. The Bertz CT molecular complexity index is 359. The predicted octanol–water partition coefficient (Wildman–Crippen LogP) is 2.01. The van der Waals surface area contributed by atoms with E-state index in [9.17, 15) is 4.79 Å². The molecule has 0 saturated carbocycles. The third-order valence-electron chi connectivity index (χ3n) is 1.70. The van der Waals surface area contributed by atoms with Crippen molar-refractivity contribution >= 4 is 5.78 Å². The first-order valence-corrected chi connectivity index (χ1v) is 4.61. The van der Waals surface area contributed by atoms with Crippen molar-refractivity contribution in [2.24, 2.45) is 0 Å². The van der Waals surface area contributed by atoms with E-state index in [2.05, 4.69) is 10.1 Å². The number of aromatic nitrogens is 3. The van der Waals surface area contributed by atoms with Crippen LogP contribution < -0.4 is 0 Å². The Hall–Kier alpha value is -1.45. The van der Waals surface area contributed by atoms with Crippen LogP contribution in [0.25, 0.3) is 0 Å². The Balaban J connectivity index is 3.01. The second kappa shape index (κ2) is 4.17. The van der Waals surface area contributed by atoms with Crippen LogP contribution in [0.5, 0.6) is 0 Å². The number of ketones is 1. The van der Waals surface area contributed by atoms with Crippen LogP contribution in [0.15, 0.2) is 18.0 Å². The fourth-order valence-corrected chi connectivity index (χ4v) is 1.13. The van der Waals surface area contributed by atoms with Crippen LogP contribution >= 0.6 is 0 Å². The van der Waals surface area contributed by atoms with Crippen LogP contribution in [0.1, 0.15) is 44.4 Å². The van der Waals surface area contributed by atoms with Crippen molar-refractivity contribution in [3.8, 4) is 0 Å². The molecule has 0 aromatic carbocycles. The Labute approximate surface area is 83.6 Å². The summed E-state index contributed by atoms with van der Waals surface area (Å²) in [6, 6.07) is 0.155. The van der Waals surface area contributed by atoms with Crippen molar-refractivity contribution in [1.29, 1.82) is 0 Å². The van der Waals surface area contributed by atoms with E-state index in [-0.39, 0.29) is 11.8 Å². The van der Waals surface area contributed by atoms with Gasteiger partial charge >= 0.3 is 0 Å². The molecule has 0 fully saturated rings. The number of nitrogens with zero attached hydrogens (tertiary/aromatic N) is 3. The first-order chi connectivity index (χ1) is 6.52. The van der Waals surface area contributed by atoms with Gasteiger partial charge in [-0.1, -0.05) is 5.57 Å². The molecule has 1 heterocycles. The number of rotatable bonds is 3. The maximum Gasteiger partial charge on any atom is 0.222 e. The molecule has 0 aliphatic rings. The molecule has 1 aromatic heterocycles. The van der Waals surface area contributed by atoms with Crippen LogP contribution in [0, 0.1) is 0 Å². The summed E-state index contributed by atoms with van der Waals surface area (Å²) in [6.07, 6.45) is 2.98. The maximum atomic E-state index is 11.6. The van der Waals surface area contributed by atoms with Crippen molar-refractivity contribution in [3.05, 3.63) is 23.8 Å². The van der Waals surface area contributed by atoms with Crippen LogP contribution in [0.3, 0.4) is 0 Å². The van der Waals surface area contributed by atoms with Gasteiger partial charge < -0.3 is 0 Å². The van der Waals surface area contributed by atoms with Gasteiger partial charge in [0.15, 0.2) is 5.82 Å². The molecule has 0 bridgehead atoms. The SMILES string of the molecule is CC(C)=CC(=O)c1ncnn1C(C)C. The van der Waals surface area contributed by atoms with E-state index in [0.29, 0.717) is 5.82 Å². The molecule has 0 spiro atoms. The normalized spacial score (nSPS) is 10.4. The topological polar surface area (TPSA) is 47.8 Å².